The number of aliphatic hydroxyl groups excluding tert-OH is 1. The topological polar surface area (TPSA) is 76.1 Å². The molecule has 0 spiro atoms. The molecule has 0 aliphatic rings. The Labute approximate surface area is 101 Å². The number of aliphatic hydroxyl groups is 1. The Hall–Kier alpha value is -1.14. The van der Waals surface area contributed by atoms with Crippen molar-refractivity contribution in [2.45, 2.75) is 19.8 Å². The van der Waals surface area contributed by atoms with E-state index in [0.29, 0.717) is 26.1 Å². The van der Waals surface area contributed by atoms with Gasteiger partial charge in [0, 0.05) is 19.5 Å². The van der Waals surface area contributed by atoms with Gasteiger partial charge in [-0.05, 0) is 0 Å². The van der Waals surface area contributed by atoms with Crippen molar-refractivity contribution in [1.82, 2.24) is 4.90 Å². The number of carbonyl (C=O) groups excluding carboxylic acids is 2. The van der Waals surface area contributed by atoms with E-state index < -0.39 is 0 Å². The highest BCUT2D eigenvalue weighted by Gasteiger charge is 2.13. The van der Waals surface area contributed by atoms with Crippen LogP contribution >= 0.6 is 0 Å². The quantitative estimate of drug-likeness (QED) is 0.451. The minimum absolute atomic E-state index is 0.0264. The lowest BCUT2D eigenvalue weighted by Gasteiger charge is -2.21. The van der Waals surface area contributed by atoms with Gasteiger partial charge in [-0.25, -0.2) is 0 Å². The summed E-state index contributed by atoms with van der Waals surface area (Å²) in [5.74, 6) is -0.364. The second-order valence-corrected chi connectivity index (χ2v) is 3.40. The molecule has 0 saturated carbocycles. The highest BCUT2D eigenvalue weighted by atomic mass is 16.5. The van der Waals surface area contributed by atoms with Crippen LogP contribution in [0, 0.1) is 0 Å². The van der Waals surface area contributed by atoms with Gasteiger partial charge in [0.1, 0.15) is 0 Å². The van der Waals surface area contributed by atoms with Crippen molar-refractivity contribution in [3.05, 3.63) is 0 Å². The van der Waals surface area contributed by atoms with E-state index >= 15 is 0 Å². The average molecular weight is 247 g/mol. The van der Waals surface area contributed by atoms with Gasteiger partial charge >= 0.3 is 5.97 Å². The molecule has 0 atom stereocenters. The summed E-state index contributed by atoms with van der Waals surface area (Å²) >= 11 is 0. The third-order valence-corrected chi connectivity index (χ3v) is 2.21. The molecule has 6 nitrogen and oxygen atoms in total. The van der Waals surface area contributed by atoms with E-state index in [-0.39, 0.29) is 31.5 Å². The minimum Gasteiger partial charge on any atom is -0.469 e. The predicted molar refractivity (Wildman–Crippen MR) is 61.4 cm³/mol. The Morgan fingerprint density at radius 1 is 1.24 bits per heavy atom. The Balaban J connectivity index is 3.97. The first-order valence-corrected chi connectivity index (χ1v) is 5.68. The molecule has 6 heteroatoms. The molecular formula is C11H21NO5. The molecule has 0 unspecified atom stereocenters. The summed E-state index contributed by atoms with van der Waals surface area (Å²) in [7, 11) is 1.32. The van der Waals surface area contributed by atoms with Crippen LogP contribution in [0.2, 0.25) is 0 Å². The number of esters is 1. The van der Waals surface area contributed by atoms with Crippen molar-refractivity contribution < 1.29 is 24.2 Å². The largest absolute Gasteiger partial charge is 0.469 e. The van der Waals surface area contributed by atoms with Gasteiger partial charge in [0.05, 0.1) is 33.4 Å². The zero-order valence-electron chi connectivity index (χ0n) is 10.5. The summed E-state index contributed by atoms with van der Waals surface area (Å²) in [5, 5.41) is 8.53. The van der Waals surface area contributed by atoms with Crippen LogP contribution in [0.15, 0.2) is 0 Å². The smallest absolute Gasteiger partial charge is 0.307 e. The lowest BCUT2D eigenvalue weighted by atomic mass is 10.3. The third kappa shape index (κ3) is 7.70. The molecule has 0 radical (unpaired) electrons. The molecule has 1 N–H and O–H groups in total. The maximum atomic E-state index is 11.5. The summed E-state index contributed by atoms with van der Waals surface area (Å²) < 4.78 is 9.60. The van der Waals surface area contributed by atoms with Gasteiger partial charge in [0.25, 0.3) is 0 Å². The van der Waals surface area contributed by atoms with Crippen LogP contribution in [0.25, 0.3) is 0 Å². The molecule has 0 fully saturated rings. The molecule has 0 saturated heterocycles. The first kappa shape index (κ1) is 15.9. The van der Waals surface area contributed by atoms with Crippen LogP contribution in [-0.2, 0) is 19.1 Å². The van der Waals surface area contributed by atoms with E-state index in [1.54, 1.807) is 11.8 Å². The second kappa shape index (κ2) is 10.0. The van der Waals surface area contributed by atoms with Crippen LogP contribution < -0.4 is 0 Å². The highest BCUT2D eigenvalue weighted by molar-refractivity contribution is 5.77. The summed E-state index contributed by atoms with van der Waals surface area (Å²) in [4.78, 5) is 24.1. The second-order valence-electron chi connectivity index (χ2n) is 3.40. The van der Waals surface area contributed by atoms with Crippen molar-refractivity contribution in [3.63, 3.8) is 0 Å². The fraction of sp³-hybridized carbons (Fsp3) is 0.818. The van der Waals surface area contributed by atoms with Gasteiger partial charge in [-0.15, -0.1) is 0 Å². The van der Waals surface area contributed by atoms with Crippen molar-refractivity contribution in [1.29, 1.82) is 0 Å². The van der Waals surface area contributed by atoms with E-state index in [2.05, 4.69) is 4.74 Å². The Bertz CT molecular complexity index is 232. The molecule has 1 amide bonds. The number of nitrogens with zero attached hydrogens (tertiary/aromatic N) is 1. The van der Waals surface area contributed by atoms with Crippen LogP contribution in [0.5, 0.6) is 0 Å². The van der Waals surface area contributed by atoms with Crippen molar-refractivity contribution >= 4 is 11.9 Å². The van der Waals surface area contributed by atoms with E-state index in [1.165, 1.54) is 7.11 Å². The van der Waals surface area contributed by atoms with Crippen molar-refractivity contribution in [2.24, 2.45) is 0 Å². The molecule has 0 rings (SSSR count). The van der Waals surface area contributed by atoms with E-state index in [1.807, 2.05) is 0 Å². The van der Waals surface area contributed by atoms with Gasteiger partial charge in [-0.1, -0.05) is 6.92 Å². The van der Waals surface area contributed by atoms with Gasteiger partial charge in [-0.2, -0.15) is 0 Å². The minimum atomic E-state index is -0.338. The summed E-state index contributed by atoms with van der Waals surface area (Å²) in [5.41, 5.74) is 0. The van der Waals surface area contributed by atoms with Gasteiger partial charge in [-0.3, -0.25) is 9.59 Å². The first-order valence-electron chi connectivity index (χ1n) is 5.68. The number of rotatable bonds is 9. The first-order chi connectivity index (χ1) is 8.15. The van der Waals surface area contributed by atoms with E-state index in [0.717, 1.165) is 0 Å². The lowest BCUT2D eigenvalue weighted by Crippen LogP contribution is -2.35. The Morgan fingerprint density at radius 3 is 2.47 bits per heavy atom. The standard InChI is InChI=1S/C11H21NO5/c1-3-10(14)12(5-4-11(15)16-2)6-8-17-9-7-13/h13H,3-9H2,1-2H3. The molecular weight excluding hydrogens is 226 g/mol. The van der Waals surface area contributed by atoms with E-state index in [9.17, 15) is 9.59 Å². The van der Waals surface area contributed by atoms with Crippen LogP contribution in [0.1, 0.15) is 19.8 Å². The Morgan fingerprint density at radius 2 is 1.94 bits per heavy atom. The predicted octanol–water partition coefficient (Wildman–Crippen LogP) is -0.203. The molecule has 0 aliphatic carbocycles. The van der Waals surface area contributed by atoms with Crippen molar-refractivity contribution in [3.8, 4) is 0 Å². The van der Waals surface area contributed by atoms with Crippen molar-refractivity contribution in [2.75, 3.05) is 40.0 Å². The van der Waals surface area contributed by atoms with Crippen LogP contribution in [-0.4, -0.2) is 61.9 Å². The van der Waals surface area contributed by atoms with Gasteiger partial charge in [0.15, 0.2) is 0 Å². The monoisotopic (exact) mass is 247 g/mol. The number of hydrogen-bond acceptors (Lipinski definition) is 5. The fourth-order valence-corrected chi connectivity index (χ4v) is 1.25. The fourth-order valence-electron chi connectivity index (χ4n) is 1.25. The Kier molecular flexibility index (Phi) is 9.37. The van der Waals surface area contributed by atoms with E-state index in [4.69, 9.17) is 9.84 Å². The number of hydrogen-bond donors (Lipinski definition) is 1. The van der Waals surface area contributed by atoms with Gasteiger partial charge in [0.2, 0.25) is 5.91 Å². The molecule has 0 heterocycles. The third-order valence-electron chi connectivity index (χ3n) is 2.21. The number of carbonyl (C=O) groups is 2. The molecule has 0 bridgehead atoms. The number of ether oxygens (including phenoxy) is 2. The summed E-state index contributed by atoms with van der Waals surface area (Å²) in [6.45, 7) is 3.09. The normalized spacial score (nSPS) is 10.1. The molecule has 17 heavy (non-hydrogen) atoms. The molecule has 0 aromatic rings. The highest BCUT2D eigenvalue weighted by Crippen LogP contribution is 1.98. The zero-order chi connectivity index (χ0) is 13.1. The molecule has 0 aromatic carbocycles. The van der Waals surface area contributed by atoms with Gasteiger partial charge < -0.3 is 19.5 Å². The SMILES string of the molecule is CCC(=O)N(CCOCCO)CCC(=O)OC. The maximum Gasteiger partial charge on any atom is 0.307 e. The molecule has 0 aromatic heterocycles. The molecule has 100 valence electrons. The lowest BCUT2D eigenvalue weighted by molar-refractivity contribution is -0.141. The molecule has 0 aliphatic heterocycles. The number of amides is 1. The average Bonchev–Trinajstić information content (AvgIpc) is 2.36. The maximum absolute atomic E-state index is 11.5. The summed E-state index contributed by atoms with van der Waals surface area (Å²) in [6.07, 6.45) is 0.573. The number of methoxy groups -OCH3 is 1. The summed E-state index contributed by atoms with van der Waals surface area (Å²) in [6, 6.07) is 0. The van der Waals surface area contributed by atoms with Crippen LogP contribution in [0.4, 0.5) is 0 Å². The van der Waals surface area contributed by atoms with Crippen LogP contribution in [0.3, 0.4) is 0 Å². The zero-order valence-corrected chi connectivity index (χ0v) is 10.5.